The molecule has 0 aromatic carbocycles. The summed E-state index contributed by atoms with van der Waals surface area (Å²) < 4.78 is 10.4. The summed E-state index contributed by atoms with van der Waals surface area (Å²) in [4.78, 5) is 8.90. The molecule has 2 saturated heterocycles. The zero-order valence-electron chi connectivity index (χ0n) is 7.96. The lowest BCUT2D eigenvalue weighted by molar-refractivity contribution is -0.338. The van der Waals surface area contributed by atoms with Crippen LogP contribution in [0.25, 0.3) is 0 Å². The van der Waals surface area contributed by atoms with Crippen LogP contribution in [0.15, 0.2) is 0 Å². The first kappa shape index (κ1) is 12.1. The lowest BCUT2D eigenvalue weighted by Gasteiger charge is -2.25. The van der Waals surface area contributed by atoms with E-state index >= 15 is 0 Å². The molecule has 2 N–H and O–H groups in total. The number of nitrogens with zero attached hydrogens (tertiary/aromatic N) is 2. The van der Waals surface area contributed by atoms with E-state index in [9.17, 15) is 10.4 Å². The van der Waals surface area contributed by atoms with Crippen molar-refractivity contribution in [3.8, 4) is 0 Å². The van der Waals surface area contributed by atoms with Gasteiger partial charge in [0.15, 0.2) is 0 Å². The van der Waals surface area contributed by atoms with Gasteiger partial charge >= 0.3 is 0 Å². The number of hydrogen-bond acceptors (Lipinski definition) is 10. The van der Waals surface area contributed by atoms with E-state index in [-0.39, 0.29) is 13.2 Å². The normalized spacial score (nSPS) is 38.6. The van der Waals surface area contributed by atoms with Crippen molar-refractivity contribution in [1.82, 2.24) is 10.8 Å². The summed E-state index contributed by atoms with van der Waals surface area (Å²) in [6.45, 7) is 0.0254. The summed E-state index contributed by atoms with van der Waals surface area (Å²) in [5, 5.41) is 35.9. The monoisotopic (exact) mass is 238 g/mol. The second-order valence-electron chi connectivity index (χ2n) is 3.36. The molecular weight excluding hydrogens is 228 g/mol. The Kier molecular flexibility index (Phi) is 3.66. The first-order valence-electron chi connectivity index (χ1n) is 4.47. The van der Waals surface area contributed by atoms with Crippen LogP contribution in [0.4, 0.5) is 0 Å². The van der Waals surface area contributed by atoms with Crippen LogP contribution >= 0.6 is 0 Å². The molecule has 2 aliphatic heterocycles. The third-order valence-electron chi connectivity index (χ3n) is 2.41. The quantitative estimate of drug-likeness (QED) is 0.573. The summed E-state index contributed by atoms with van der Waals surface area (Å²) in [5.74, 6) is 0. The summed E-state index contributed by atoms with van der Waals surface area (Å²) in [6, 6.07) is 0. The highest BCUT2D eigenvalue weighted by Crippen LogP contribution is 2.30. The van der Waals surface area contributed by atoms with Gasteiger partial charge in [0.05, 0.1) is 13.2 Å². The maximum Gasteiger partial charge on any atom is 0.133 e. The van der Waals surface area contributed by atoms with E-state index in [0.717, 1.165) is 0 Å². The van der Waals surface area contributed by atoms with Crippen LogP contribution in [-0.4, -0.2) is 58.8 Å². The molecule has 4 unspecified atom stereocenters. The van der Waals surface area contributed by atoms with Crippen molar-refractivity contribution in [2.45, 2.75) is 24.4 Å². The fourth-order valence-electron chi connectivity index (χ4n) is 1.84. The minimum absolute atomic E-state index is 0.0127. The van der Waals surface area contributed by atoms with E-state index in [4.69, 9.17) is 19.9 Å². The Bertz CT molecular complexity index is 215. The molecule has 4 atom stereocenters. The second-order valence-corrected chi connectivity index (χ2v) is 3.36. The van der Waals surface area contributed by atoms with Crippen LogP contribution in [0.2, 0.25) is 0 Å². The predicted octanol–water partition coefficient (Wildman–Crippen LogP) is -1.24. The van der Waals surface area contributed by atoms with Crippen LogP contribution in [0.3, 0.4) is 0 Å². The van der Waals surface area contributed by atoms with Crippen molar-refractivity contribution in [2.24, 2.45) is 0 Å². The molecule has 0 aliphatic carbocycles. The molecule has 0 amide bonds. The maximum atomic E-state index is 10.3. The Balaban J connectivity index is 1.90. The molecule has 94 valence electrons. The van der Waals surface area contributed by atoms with E-state index < -0.39 is 35.2 Å². The molecular formula is C6H10N2O8-2. The van der Waals surface area contributed by atoms with Crippen LogP contribution in [-0.2, 0) is 19.1 Å². The standard InChI is InChI=1S/C6H10N2O8/c9-7(10)15-3-1-13-6-4(16-8(11)12)2-14-5(3)6/h3-6,9,11H,1-2H2/q-2. The second kappa shape index (κ2) is 4.85. The van der Waals surface area contributed by atoms with Gasteiger partial charge in [0.2, 0.25) is 0 Å². The van der Waals surface area contributed by atoms with E-state index in [1.165, 1.54) is 0 Å². The smallest absolute Gasteiger partial charge is 0.133 e. The molecule has 0 saturated carbocycles. The Morgan fingerprint density at radius 3 is 1.62 bits per heavy atom. The van der Waals surface area contributed by atoms with E-state index in [1.54, 1.807) is 0 Å². The fraction of sp³-hybridized carbons (Fsp3) is 1.00. The average Bonchev–Trinajstić information content (AvgIpc) is 2.70. The van der Waals surface area contributed by atoms with Crippen molar-refractivity contribution in [1.29, 1.82) is 0 Å². The van der Waals surface area contributed by atoms with E-state index in [2.05, 4.69) is 9.68 Å². The zero-order chi connectivity index (χ0) is 11.7. The summed E-state index contributed by atoms with van der Waals surface area (Å²) in [6.07, 6.45) is -2.82. The lowest BCUT2D eigenvalue weighted by atomic mass is 10.1. The van der Waals surface area contributed by atoms with Gasteiger partial charge < -0.3 is 30.3 Å². The third-order valence-corrected chi connectivity index (χ3v) is 2.41. The minimum Gasteiger partial charge on any atom is -0.738 e. The SMILES string of the molecule is [O-]N(O)OC1COC2C(ON([O-])O)COC12. The molecule has 16 heavy (non-hydrogen) atoms. The molecule has 0 bridgehead atoms. The van der Waals surface area contributed by atoms with Gasteiger partial charge in [-0.15, -0.1) is 10.8 Å². The Morgan fingerprint density at radius 2 is 1.31 bits per heavy atom. The topological polar surface area (TPSA) is 130 Å². The summed E-state index contributed by atoms with van der Waals surface area (Å²) in [5.41, 5.74) is 0. The molecule has 10 heteroatoms. The van der Waals surface area contributed by atoms with Crippen LogP contribution in [0.1, 0.15) is 0 Å². The molecule has 2 heterocycles. The van der Waals surface area contributed by atoms with Gasteiger partial charge in [-0.2, -0.15) is 0 Å². The predicted molar refractivity (Wildman–Crippen MR) is 43.2 cm³/mol. The number of rotatable bonds is 4. The van der Waals surface area contributed by atoms with Gasteiger partial charge in [-0.1, -0.05) is 0 Å². The molecule has 0 radical (unpaired) electrons. The van der Waals surface area contributed by atoms with E-state index in [0.29, 0.717) is 0 Å². The maximum absolute atomic E-state index is 10.3. The Hall–Kier alpha value is -0.400. The van der Waals surface area contributed by atoms with Gasteiger partial charge in [0.1, 0.15) is 24.4 Å². The Labute approximate surface area is 89.4 Å². The van der Waals surface area contributed by atoms with Gasteiger partial charge in [0, 0.05) is 0 Å². The molecule has 10 nitrogen and oxygen atoms in total. The number of fused-ring (bicyclic) bond motifs is 1. The van der Waals surface area contributed by atoms with Crippen LogP contribution < -0.4 is 0 Å². The van der Waals surface area contributed by atoms with Crippen molar-refractivity contribution >= 4 is 0 Å². The summed E-state index contributed by atoms with van der Waals surface area (Å²) >= 11 is 0. The van der Waals surface area contributed by atoms with Crippen molar-refractivity contribution in [2.75, 3.05) is 13.2 Å². The van der Waals surface area contributed by atoms with Crippen molar-refractivity contribution in [3.63, 3.8) is 0 Å². The fourth-order valence-corrected chi connectivity index (χ4v) is 1.84. The number of ether oxygens (including phenoxy) is 2. The van der Waals surface area contributed by atoms with Gasteiger partial charge in [-0.3, -0.25) is 9.68 Å². The molecule has 2 rings (SSSR count). The molecule has 2 aliphatic rings. The summed E-state index contributed by atoms with van der Waals surface area (Å²) in [7, 11) is 0. The van der Waals surface area contributed by atoms with Crippen LogP contribution in [0, 0.1) is 10.4 Å². The Morgan fingerprint density at radius 1 is 0.938 bits per heavy atom. The van der Waals surface area contributed by atoms with E-state index in [1.807, 2.05) is 0 Å². The molecule has 0 aromatic rings. The zero-order valence-corrected chi connectivity index (χ0v) is 7.96. The first-order chi connectivity index (χ1) is 7.58. The van der Waals surface area contributed by atoms with Gasteiger partial charge in [-0.25, -0.2) is 0 Å². The molecule has 0 aromatic heterocycles. The third kappa shape index (κ3) is 2.46. The largest absolute Gasteiger partial charge is 0.738 e. The highest BCUT2D eigenvalue weighted by Gasteiger charge is 2.49. The molecule has 0 spiro atoms. The first-order valence-corrected chi connectivity index (χ1v) is 4.47. The minimum atomic E-state index is -0.778. The van der Waals surface area contributed by atoms with Crippen molar-refractivity contribution in [3.05, 3.63) is 10.4 Å². The lowest BCUT2D eigenvalue weighted by Crippen LogP contribution is -2.37. The van der Waals surface area contributed by atoms with Crippen LogP contribution in [0.5, 0.6) is 0 Å². The number of hydrogen-bond donors (Lipinski definition) is 2. The van der Waals surface area contributed by atoms with Gasteiger partial charge in [-0.05, 0) is 0 Å². The molecule has 2 fully saturated rings. The average molecular weight is 238 g/mol. The van der Waals surface area contributed by atoms with Crippen molar-refractivity contribution < 1.29 is 29.6 Å². The van der Waals surface area contributed by atoms with Gasteiger partial charge in [0.25, 0.3) is 0 Å². The highest BCUT2D eigenvalue weighted by atomic mass is 17.1. The highest BCUT2D eigenvalue weighted by molar-refractivity contribution is 4.95.